The van der Waals surface area contributed by atoms with E-state index in [-0.39, 0.29) is 13.1 Å². The molecule has 0 bridgehead atoms. The number of halogens is 2. The summed E-state index contributed by atoms with van der Waals surface area (Å²) in [6, 6.07) is 0. The minimum atomic E-state index is -1.23. The van der Waals surface area contributed by atoms with Crippen LogP contribution in [0.4, 0.5) is 8.78 Å². The van der Waals surface area contributed by atoms with Crippen molar-refractivity contribution in [1.82, 2.24) is 29.7 Å². The summed E-state index contributed by atoms with van der Waals surface area (Å²) in [5.41, 5.74) is -4.34. The first-order valence-electron chi connectivity index (χ1n) is 9.68. The van der Waals surface area contributed by atoms with Gasteiger partial charge in [-0.05, 0) is 0 Å². The van der Waals surface area contributed by atoms with E-state index in [0.29, 0.717) is 21.5 Å². The summed E-state index contributed by atoms with van der Waals surface area (Å²) in [6.07, 6.45) is -1.97. The minimum absolute atomic E-state index is 0.0409. The molecule has 0 fully saturated rings. The highest BCUT2D eigenvalue weighted by Gasteiger charge is 2.19. The number of methoxy groups -OCH3 is 2. The predicted octanol–water partition coefficient (Wildman–Crippen LogP) is -2.33. The van der Waals surface area contributed by atoms with Crippen LogP contribution in [-0.4, -0.2) is 58.2 Å². The molecule has 2 unspecified atom stereocenters. The third-order valence-electron chi connectivity index (χ3n) is 4.50. The van der Waals surface area contributed by atoms with Crippen LogP contribution in [0.5, 0.6) is 0 Å². The lowest BCUT2D eigenvalue weighted by atomic mass is 10.3. The smallest absolute Gasteiger partial charge is 0.330 e. The molecule has 0 saturated carbocycles. The van der Waals surface area contributed by atoms with Crippen LogP contribution in [0.2, 0.25) is 0 Å². The first kappa shape index (κ1) is 26.3. The predicted molar refractivity (Wildman–Crippen MR) is 110 cm³/mol. The molecule has 2 atom stereocenters. The van der Waals surface area contributed by atoms with Crippen LogP contribution < -0.4 is 33.1 Å². The van der Waals surface area contributed by atoms with Crippen molar-refractivity contribution >= 4 is 11.8 Å². The third-order valence-corrected chi connectivity index (χ3v) is 4.50. The summed E-state index contributed by atoms with van der Waals surface area (Å²) in [5, 5.41) is 4.90. The number of nitrogens with zero attached hydrogens (tertiary/aromatic N) is 2. The number of aromatic nitrogens is 4. The van der Waals surface area contributed by atoms with Crippen LogP contribution in [0.15, 0.2) is 31.6 Å². The molecular weight excluding hydrogens is 466 g/mol. The van der Waals surface area contributed by atoms with Gasteiger partial charge < -0.3 is 20.1 Å². The maximum atomic E-state index is 13.4. The summed E-state index contributed by atoms with van der Waals surface area (Å²) in [5.74, 6) is -3.67. The van der Waals surface area contributed by atoms with Crippen molar-refractivity contribution in [3.63, 3.8) is 0 Å². The van der Waals surface area contributed by atoms with Gasteiger partial charge >= 0.3 is 11.4 Å². The van der Waals surface area contributed by atoms with Gasteiger partial charge in [-0.25, -0.2) is 9.59 Å². The molecule has 0 saturated heterocycles. The number of nitrogens with one attached hydrogen (secondary N) is 4. The molecule has 0 radical (unpaired) electrons. The maximum absolute atomic E-state index is 13.4. The molecule has 16 heteroatoms. The summed E-state index contributed by atoms with van der Waals surface area (Å²) >= 11 is 0. The second kappa shape index (κ2) is 11.8. The van der Waals surface area contributed by atoms with Crippen molar-refractivity contribution in [3.05, 3.63) is 65.7 Å². The van der Waals surface area contributed by atoms with Crippen molar-refractivity contribution in [2.75, 3.05) is 27.3 Å². The average molecular weight is 488 g/mol. The molecule has 186 valence electrons. The first-order valence-corrected chi connectivity index (χ1v) is 9.68. The third kappa shape index (κ3) is 6.79. The van der Waals surface area contributed by atoms with E-state index in [1.54, 1.807) is 9.97 Å². The summed E-state index contributed by atoms with van der Waals surface area (Å²) in [7, 11) is 2.36. The Morgan fingerprint density at radius 3 is 1.50 bits per heavy atom. The number of H-pyrrole nitrogens is 2. The van der Waals surface area contributed by atoms with Crippen LogP contribution in [0, 0.1) is 11.6 Å². The molecule has 2 amide bonds. The van der Waals surface area contributed by atoms with Gasteiger partial charge in [0.2, 0.25) is 23.4 Å². The van der Waals surface area contributed by atoms with Crippen molar-refractivity contribution in [3.8, 4) is 0 Å². The summed E-state index contributed by atoms with van der Waals surface area (Å²) in [4.78, 5) is 73.5. The van der Waals surface area contributed by atoms with Gasteiger partial charge in [0.1, 0.15) is 12.5 Å². The van der Waals surface area contributed by atoms with Crippen LogP contribution >= 0.6 is 0 Å². The molecule has 2 aromatic rings. The van der Waals surface area contributed by atoms with E-state index in [9.17, 15) is 37.5 Å². The number of amides is 2. The van der Waals surface area contributed by atoms with Crippen molar-refractivity contribution < 1.29 is 27.8 Å². The minimum Gasteiger partial charge on any atom is -0.361 e. The SMILES string of the molecule is COC(CC(=O)NCCNC(=O)CC(OC)n1cc(F)c(=O)[nH]c1=O)n1cc(F)c(=O)[nH]c1=O. The molecule has 2 aromatic heterocycles. The second-order valence-corrected chi connectivity index (χ2v) is 6.78. The maximum Gasteiger partial charge on any atom is 0.330 e. The van der Waals surface area contributed by atoms with Gasteiger partial charge in [-0.2, -0.15) is 8.78 Å². The normalized spacial score (nSPS) is 12.7. The summed E-state index contributed by atoms with van der Waals surface area (Å²) < 4.78 is 38.3. The fourth-order valence-corrected chi connectivity index (χ4v) is 2.81. The van der Waals surface area contributed by atoms with E-state index < -0.39 is 71.2 Å². The molecule has 34 heavy (non-hydrogen) atoms. The van der Waals surface area contributed by atoms with Crippen LogP contribution in [0.1, 0.15) is 25.3 Å². The van der Waals surface area contributed by atoms with Crippen molar-refractivity contribution in [2.24, 2.45) is 0 Å². The molecule has 14 nitrogen and oxygen atoms in total. The monoisotopic (exact) mass is 488 g/mol. The quantitative estimate of drug-likeness (QED) is 0.254. The molecule has 0 aromatic carbocycles. The van der Waals surface area contributed by atoms with E-state index in [4.69, 9.17) is 9.47 Å². The molecule has 0 aliphatic rings. The van der Waals surface area contributed by atoms with Gasteiger partial charge in [0.15, 0.2) is 0 Å². The molecule has 2 heterocycles. The zero-order valence-electron chi connectivity index (χ0n) is 18.1. The summed E-state index contributed by atoms with van der Waals surface area (Å²) in [6.45, 7) is -0.0818. The number of ether oxygens (including phenoxy) is 2. The van der Waals surface area contributed by atoms with E-state index >= 15 is 0 Å². The number of aromatic amines is 2. The van der Waals surface area contributed by atoms with Gasteiger partial charge in [-0.15, -0.1) is 0 Å². The van der Waals surface area contributed by atoms with Gasteiger partial charge in [0, 0.05) is 27.3 Å². The lowest BCUT2D eigenvalue weighted by molar-refractivity contribution is -0.127. The van der Waals surface area contributed by atoms with E-state index in [0.717, 1.165) is 0 Å². The molecule has 0 aliphatic heterocycles. The fourth-order valence-electron chi connectivity index (χ4n) is 2.81. The highest BCUT2D eigenvalue weighted by molar-refractivity contribution is 5.77. The van der Waals surface area contributed by atoms with Crippen LogP contribution in [0.3, 0.4) is 0 Å². The Morgan fingerprint density at radius 1 is 0.824 bits per heavy atom. The molecule has 4 N–H and O–H groups in total. The number of hydrogen-bond acceptors (Lipinski definition) is 8. The largest absolute Gasteiger partial charge is 0.361 e. The van der Waals surface area contributed by atoms with E-state index in [1.165, 1.54) is 14.2 Å². The van der Waals surface area contributed by atoms with E-state index in [2.05, 4.69) is 10.6 Å². The molecular formula is C18H22F2N6O8. The fraction of sp³-hybridized carbons (Fsp3) is 0.444. The Balaban J connectivity index is 1.85. The Kier molecular flexibility index (Phi) is 9.14. The molecule has 2 rings (SSSR count). The van der Waals surface area contributed by atoms with Crippen molar-refractivity contribution in [2.45, 2.75) is 25.3 Å². The van der Waals surface area contributed by atoms with Gasteiger partial charge in [0.05, 0.1) is 25.2 Å². The topological polar surface area (TPSA) is 186 Å². The average Bonchev–Trinajstić information content (AvgIpc) is 2.78. The number of hydrogen-bond donors (Lipinski definition) is 4. The number of carbonyl (C=O) groups excluding carboxylic acids is 2. The standard InChI is InChI=1S/C18H22F2N6O8/c1-33-13(25-7-9(19)15(29)23-17(25)31)5-11(27)21-3-4-22-12(28)6-14(34-2)26-8-10(20)16(30)24-18(26)32/h7-8,13-14H,3-6H2,1-2H3,(H,21,27)(H,22,28)(H,23,29,31)(H,24,30,32). The zero-order chi connectivity index (χ0) is 25.4. The van der Waals surface area contributed by atoms with Gasteiger partial charge in [-0.3, -0.25) is 38.3 Å². The molecule has 0 spiro atoms. The highest BCUT2D eigenvalue weighted by Crippen LogP contribution is 2.10. The number of rotatable bonds is 11. The zero-order valence-corrected chi connectivity index (χ0v) is 18.1. The van der Waals surface area contributed by atoms with E-state index in [1.807, 2.05) is 0 Å². The van der Waals surface area contributed by atoms with Crippen molar-refractivity contribution in [1.29, 1.82) is 0 Å². The Morgan fingerprint density at radius 2 is 1.18 bits per heavy atom. The first-order chi connectivity index (χ1) is 16.1. The number of carbonyl (C=O) groups is 2. The Hall–Kier alpha value is -3.92. The van der Waals surface area contributed by atoms with Crippen LogP contribution in [0.25, 0.3) is 0 Å². The second-order valence-electron chi connectivity index (χ2n) is 6.78. The van der Waals surface area contributed by atoms with Gasteiger partial charge in [-0.1, -0.05) is 0 Å². The Bertz CT molecular complexity index is 1170. The lowest BCUT2D eigenvalue weighted by Gasteiger charge is -2.18. The van der Waals surface area contributed by atoms with Gasteiger partial charge in [0.25, 0.3) is 11.1 Å². The highest BCUT2D eigenvalue weighted by atomic mass is 19.1. The lowest BCUT2D eigenvalue weighted by Crippen LogP contribution is -2.39. The van der Waals surface area contributed by atoms with Crippen LogP contribution in [-0.2, 0) is 19.1 Å². The molecule has 0 aliphatic carbocycles. The Labute approximate surface area is 188 Å².